The van der Waals surface area contributed by atoms with E-state index in [0.29, 0.717) is 28.0 Å². The van der Waals surface area contributed by atoms with E-state index in [0.717, 1.165) is 11.1 Å². The normalized spacial score (nSPS) is 21.2. The van der Waals surface area contributed by atoms with E-state index in [-0.39, 0.29) is 37.1 Å². The molecule has 3 N–H and O–H groups in total. The van der Waals surface area contributed by atoms with Gasteiger partial charge in [-0.25, -0.2) is 4.79 Å². The minimum atomic E-state index is -1.60. The molecule has 35 heavy (non-hydrogen) atoms. The monoisotopic (exact) mass is 472 g/mol. The topological polar surface area (TPSA) is 130 Å². The van der Waals surface area contributed by atoms with Crippen molar-refractivity contribution in [2.75, 3.05) is 20.2 Å². The first-order valence-corrected chi connectivity index (χ1v) is 11.0. The van der Waals surface area contributed by atoms with Gasteiger partial charge in [-0.2, -0.15) is 0 Å². The Kier molecular flexibility index (Phi) is 4.47. The molecule has 1 atom stereocenters. The number of imide groups is 1. The summed E-state index contributed by atoms with van der Waals surface area (Å²) >= 11 is 0. The van der Waals surface area contributed by atoms with Crippen molar-refractivity contribution in [1.29, 1.82) is 0 Å². The fourth-order valence-corrected chi connectivity index (χ4v) is 4.79. The van der Waals surface area contributed by atoms with Crippen LogP contribution in [0.25, 0.3) is 16.7 Å². The first kappa shape index (κ1) is 21.0. The predicted octanol–water partition coefficient (Wildman–Crippen LogP) is 1.65. The summed E-state index contributed by atoms with van der Waals surface area (Å²) in [6, 6.07) is 11.6. The molecule has 3 aliphatic heterocycles. The molecule has 4 heterocycles. The molecule has 10 nitrogen and oxygen atoms in total. The number of hydrogen-bond acceptors (Lipinski definition) is 7. The predicted molar refractivity (Wildman–Crippen MR) is 123 cm³/mol. The van der Waals surface area contributed by atoms with Gasteiger partial charge in [-0.15, -0.1) is 0 Å². The van der Waals surface area contributed by atoms with Gasteiger partial charge in [0.15, 0.2) is 11.3 Å². The third kappa shape index (κ3) is 3.25. The van der Waals surface area contributed by atoms with E-state index in [1.165, 1.54) is 12.0 Å². The van der Waals surface area contributed by atoms with Crippen molar-refractivity contribution in [3.8, 4) is 5.75 Å². The highest BCUT2D eigenvalue weighted by molar-refractivity contribution is 6.08. The first-order chi connectivity index (χ1) is 16.9. The Morgan fingerprint density at radius 3 is 2.66 bits per heavy atom. The number of amides is 4. The van der Waals surface area contributed by atoms with E-state index in [1.54, 1.807) is 36.4 Å². The van der Waals surface area contributed by atoms with Crippen LogP contribution in [0.2, 0.25) is 0 Å². The molecule has 1 fully saturated rings. The summed E-state index contributed by atoms with van der Waals surface area (Å²) in [5, 5.41) is 8.70. The largest absolute Gasteiger partial charge is 0.497 e. The van der Waals surface area contributed by atoms with Gasteiger partial charge >= 0.3 is 6.03 Å². The molecule has 0 spiro atoms. The molecular formula is C25H20N4O6. The smallest absolute Gasteiger partial charge is 0.322 e. The summed E-state index contributed by atoms with van der Waals surface area (Å²) in [7, 11) is 1.52. The minimum absolute atomic E-state index is 0.00818. The van der Waals surface area contributed by atoms with Crippen LogP contribution in [0.1, 0.15) is 27.2 Å². The van der Waals surface area contributed by atoms with Crippen molar-refractivity contribution in [1.82, 2.24) is 20.9 Å². The third-order valence-corrected chi connectivity index (χ3v) is 6.57. The van der Waals surface area contributed by atoms with Crippen LogP contribution >= 0.6 is 0 Å². The maximum Gasteiger partial charge on any atom is 0.322 e. The lowest BCUT2D eigenvalue weighted by Gasteiger charge is -2.29. The molecule has 0 saturated carbocycles. The summed E-state index contributed by atoms with van der Waals surface area (Å²) in [5.74, 6) is -0.115. The first-order valence-electron chi connectivity index (χ1n) is 11.0. The van der Waals surface area contributed by atoms with E-state index in [4.69, 9.17) is 9.15 Å². The van der Waals surface area contributed by atoms with Gasteiger partial charge < -0.3 is 24.7 Å². The Balaban J connectivity index is 1.37. The average molecular weight is 472 g/mol. The van der Waals surface area contributed by atoms with Crippen molar-refractivity contribution < 1.29 is 28.3 Å². The van der Waals surface area contributed by atoms with E-state index in [9.17, 15) is 19.2 Å². The number of carbonyl (C=O) groups excluding carboxylic acids is 4. The molecule has 176 valence electrons. The van der Waals surface area contributed by atoms with Crippen LogP contribution in [-0.4, -0.2) is 48.7 Å². The van der Waals surface area contributed by atoms with Gasteiger partial charge in [-0.3, -0.25) is 19.7 Å². The molecule has 0 aliphatic carbocycles. The lowest BCUT2D eigenvalue weighted by atomic mass is 9.95. The number of fused-ring (bicyclic) bond motifs is 2. The van der Waals surface area contributed by atoms with Crippen LogP contribution in [0.3, 0.4) is 0 Å². The van der Waals surface area contributed by atoms with Crippen LogP contribution in [-0.2, 0) is 21.7 Å². The van der Waals surface area contributed by atoms with Crippen molar-refractivity contribution in [2.24, 2.45) is 0 Å². The highest BCUT2D eigenvalue weighted by Gasteiger charge is 2.53. The molecule has 1 aromatic heterocycles. The number of furan rings is 1. The number of nitrogens with one attached hydrogen (secondary N) is 3. The molecule has 10 heteroatoms. The number of benzene rings is 2. The van der Waals surface area contributed by atoms with Crippen molar-refractivity contribution in [2.45, 2.75) is 12.1 Å². The number of rotatable bonds is 5. The number of carbonyl (C=O) groups is 4. The quantitative estimate of drug-likeness (QED) is 0.482. The summed E-state index contributed by atoms with van der Waals surface area (Å²) < 4.78 is 11.3. The van der Waals surface area contributed by atoms with Crippen molar-refractivity contribution >= 4 is 40.3 Å². The van der Waals surface area contributed by atoms with E-state index < -0.39 is 17.5 Å². The van der Waals surface area contributed by atoms with E-state index in [1.807, 2.05) is 12.1 Å². The fourth-order valence-electron chi connectivity index (χ4n) is 4.79. The van der Waals surface area contributed by atoms with Crippen LogP contribution in [0.5, 0.6) is 5.75 Å². The summed E-state index contributed by atoms with van der Waals surface area (Å²) in [6.07, 6.45) is 1.54. The number of nitrogens with zero attached hydrogens (tertiary/aromatic N) is 1. The summed E-state index contributed by atoms with van der Waals surface area (Å²) in [5.41, 5.74) is 1.70. The van der Waals surface area contributed by atoms with Crippen LogP contribution < -0.4 is 20.7 Å². The summed E-state index contributed by atoms with van der Waals surface area (Å²) in [6.45, 7) is 0.410. The Hall–Kier alpha value is -4.60. The van der Waals surface area contributed by atoms with Crippen LogP contribution in [0.15, 0.2) is 53.0 Å². The van der Waals surface area contributed by atoms with Gasteiger partial charge in [0.05, 0.1) is 20.2 Å². The SMILES string of the molecule is COc1ccc2c(c1)C(=O)N(C[C@@]1(c3cc4cc(C5=CC(=O)CN5)ccc4o3)NC(=O)NC1=O)C2. The van der Waals surface area contributed by atoms with Crippen molar-refractivity contribution in [3.05, 3.63) is 71.0 Å². The zero-order valence-corrected chi connectivity index (χ0v) is 18.6. The number of methoxy groups -OCH3 is 1. The molecule has 3 aliphatic rings. The molecular weight excluding hydrogens is 452 g/mol. The second-order valence-electron chi connectivity index (χ2n) is 8.74. The van der Waals surface area contributed by atoms with Crippen LogP contribution in [0.4, 0.5) is 4.79 Å². The lowest BCUT2D eigenvalue weighted by Crippen LogP contribution is -2.52. The highest BCUT2D eigenvalue weighted by atomic mass is 16.5. The van der Waals surface area contributed by atoms with Gasteiger partial charge in [-0.1, -0.05) is 6.07 Å². The summed E-state index contributed by atoms with van der Waals surface area (Å²) in [4.78, 5) is 51.6. The van der Waals surface area contributed by atoms with Crippen molar-refractivity contribution in [3.63, 3.8) is 0 Å². The molecule has 1 saturated heterocycles. The van der Waals surface area contributed by atoms with Gasteiger partial charge in [0.1, 0.15) is 17.1 Å². The molecule has 0 bridgehead atoms. The molecule has 0 unspecified atom stereocenters. The second-order valence-corrected chi connectivity index (χ2v) is 8.74. The van der Waals surface area contributed by atoms with Gasteiger partial charge in [-0.05, 0) is 47.5 Å². The standard InChI is InChI=1S/C25H20N4O6/c1-34-17-4-2-14-11-29(22(31)18(14)9-17)12-25(23(32)27-24(33)28-25)21-7-15-6-13(3-5-20(15)35-21)19-8-16(30)10-26-19/h2-9,26H,10-12H2,1H3,(H2,27,28,32,33)/t25-/m0/s1. The van der Waals surface area contributed by atoms with Gasteiger partial charge in [0.25, 0.3) is 11.8 Å². The zero-order valence-electron chi connectivity index (χ0n) is 18.6. The van der Waals surface area contributed by atoms with Gasteiger partial charge in [0.2, 0.25) is 0 Å². The number of urea groups is 1. The molecule has 3 aromatic rings. The Morgan fingerprint density at radius 1 is 1.09 bits per heavy atom. The average Bonchev–Trinajstić information content (AvgIpc) is 3.60. The maximum atomic E-state index is 13.2. The fraction of sp³-hybridized carbons (Fsp3) is 0.200. The Labute approximate surface area is 198 Å². The van der Waals surface area contributed by atoms with Gasteiger partial charge in [0, 0.05) is 29.3 Å². The molecule has 4 amide bonds. The maximum absolute atomic E-state index is 13.2. The molecule has 0 radical (unpaired) electrons. The molecule has 6 rings (SSSR count). The highest BCUT2D eigenvalue weighted by Crippen LogP contribution is 2.35. The Bertz CT molecular complexity index is 1490. The Morgan fingerprint density at radius 2 is 1.94 bits per heavy atom. The number of ether oxygens (including phenoxy) is 1. The number of hydrogen-bond donors (Lipinski definition) is 3. The minimum Gasteiger partial charge on any atom is -0.497 e. The lowest BCUT2D eigenvalue weighted by molar-refractivity contribution is -0.125. The number of ketones is 1. The third-order valence-electron chi connectivity index (χ3n) is 6.57. The van der Waals surface area contributed by atoms with E-state index in [2.05, 4.69) is 16.0 Å². The zero-order chi connectivity index (χ0) is 24.3. The second kappa shape index (κ2) is 7.45. The van der Waals surface area contributed by atoms with Crippen LogP contribution in [0, 0.1) is 0 Å². The van der Waals surface area contributed by atoms with E-state index >= 15 is 0 Å². The molecule has 2 aromatic carbocycles.